The van der Waals surface area contributed by atoms with Gasteiger partial charge >= 0.3 is 0 Å². The van der Waals surface area contributed by atoms with Gasteiger partial charge in [-0.3, -0.25) is 9.78 Å². The maximum Gasteiger partial charge on any atom is 0.242 e. The van der Waals surface area contributed by atoms with Crippen molar-refractivity contribution in [2.75, 3.05) is 5.32 Å². The Hall–Kier alpha value is -4.56. The molecule has 0 saturated carbocycles. The van der Waals surface area contributed by atoms with E-state index in [4.69, 9.17) is 5.73 Å². The molecule has 3 aromatic heterocycles. The Morgan fingerprint density at radius 2 is 1.69 bits per heavy atom. The fourth-order valence-electron chi connectivity index (χ4n) is 3.99. The first-order chi connectivity index (χ1) is 17.0. The Bertz CT molecular complexity index is 1480. The number of carbonyl (C=O) groups is 1. The van der Waals surface area contributed by atoms with Crippen molar-refractivity contribution < 1.29 is 14.3 Å². The first-order valence-corrected chi connectivity index (χ1v) is 11.0. The van der Waals surface area contributed by atoms with Crippen LogP contribution in [0.15, 0.2) is 85.2 Å². The number of aromatic hydroxyl groups is 1. The number of nitrogens with zero attached hydrogens (tertiary/aromatic N) is 2. The summed E-state index contributed by atoms with van der Waals surface area (Å²) >= 11 is 0. The summed E-state index contributed by atoms with van der Waals surface area (Å²) in [6.45, 7) is 0. The van der Waals surface area contributed by atoms with Crippen molar-refractivity contribution in [2.24, 2.45) is 5.73 Å². The van der Waals surface area contributed by atoms with Gasteiger partial charge in [-0.05, 0) is 83.8 Å². The molecule has 0 saturated heterocycles. The van der Waals surface area contributed by atoms with Crippen LogP contribution in [-0.4, -0.2) is 32.0 Å². The maximum atomic E-state index is 13.5. The highest BCUT2D eigenvalue weighted by Crippen LogP contribution is 2.38. The molecule has 2 aromatic carbocycles. The highest BCUT2D eigenvalue weighted by molar-refractivity contribution is 6.03. The SMILES string of the molecule is NC(Cc1ccc(O)cc1)C(=O)Nc1ccc2c(-c3ccncc3)c(-c3ccc(F)cc3)[nH]c2n1. The third-order valence-corrected chi connectivity index (χ3v) is 5.74. The van der Waals surface area contributed by atoms with E-state index in [0.29, 0.717) is 17.9 Å². The molecule has 0 bridgehead atoms. The van der Waals surface area contributed by atoms with Crippen molar-refractivity contribution >= 4 is 22.8 Å². The predicted molar refractivity (Wildman–Crippen MR) is 133 cm³/mol. The largest absolute Gasteiger partial charge is 0.508 e. The number of phenolic OH excluding ortho intramolecular Hbond substituents is 1. The number of benzene rings is 2. The Kier molecular flexibility index (Phi) is 5.95. The number of hydrogen-bond donors (Lipinski definition) is 4. The molecule has 1 amide bonds. The van der Waals surface area contributed by atoms with E-state index in [0.717, 1.165) is 33.3 Å². The van der Waals surface area contributed by atoms with Gasteiger partial charge in [0.25, 0.3) is 0 Å². The van der Waals surface area contributed by atoms with Crippen LogP contribution in [0.4, 0.5) is 10.2 Å². The van der Waals surface area contributed by atoms with Crippen LogP contribution in [0.5, 0.6) is 5.75 Å². The van der Waals surface area contributed by atoms with Gasteiger partial charge < -0.3 is 21.1 Å². The highest BCUT2D eigenvalue weighted by Gasteiger charge is 2.19. The van der Waals surface area contributed by atoms with Gasteiger partial charge in [0, 0.05) is 23.3 Å². The van der Waals surface area contributed by atoms with E-state index in [1.165, 1.54) is 12.1 Å². The second-order valence-electron chi connectivity index (χ2n) is 8.18. The van der Waals surface area contributed by atoms with E-state index < -0.39 is 6.04 Å². The lowest BCUT2D eigenvalue weighted by molar-refractivity contribution is -0.117. The maximum absolute atomic E-state index is 13.5. The average molecular weight is 468 g/mol. The third-order valence-electron chi connectivity index (χ3n) is 5.74. The van der Waals surface area contributed by atoms with Gasteiger partial charge in [0.1, 0.15) is 23.0 Å². The third kappa shape index (κ3) is 4.73. The second kappa shape index (κ2) is 9.36. The number of anilines is 1. The van der Waals surface area contributed by atoms with Gasteiger partial charge in [0.05, 0.1) is 11.7 Å². The number of fused-ring (bicyclic) bond motifs is 1. The van der Waals surface area contributed by atoms with E-state index in [2.05, 4.69) is 20.3 Å². The highest BCUT2D eigenvalue weighted by atomic mass is 19.1. The smallest absolute Gasteiger partial charge is 0.242 e. The first kappa shape index (κ1) is 22.2. The minimum Gasteiger partial charge on any atom is -0.508 e. The average Bonchev–Trinajstić information content (AvgIpc) is 3.25. The van der Waals surface area contributed by atoms with Crippen LogP contribution in [0.3, 0.4) is 0 Å². The van der Waals surface area contributed by atoms with Crippen LogP contribution < -0.4 is 11.1 Å². The zero-order valence-corrected chi connectivity index (χ0v) is 18.6. The van der Waals surface area contributed by atoms with E-state index in [1.807, 2.05) is 18.2 Å². The molecule has 3 heterocycles. The van der Waals surface area contributed by atoms with E-state index in [-0.39, 0.29) is 17.5 Å². The van der Waals surface area contributed by atoms with Gasteiger partial charge in [-0.1, -0.05) is 12.1 Å². The van der Waals surface area contributed by atoms with Gasteiger partial charge in [0.2, 0.25) is 5.91 Å². The Labute approximate surface area is 200 Å². The van der Waals surface area contributed by atoms with Crippen molar-refractivity contribution in [3.63, 3.8) is 0 Å². The molecular weight excluding hydrogens is 445 g/mol. The number of nitrogens with two attached hydrogens (primary N) is 1. The minimum absolute atomic E-state index is 0.154. The number of hydrogen-bond acceptors (Lipinski definition) is 5. The van der Waals surface area contributed by atoms with Crippen molar-refractivity contribution in [3.05, 3.63) is 96.6 Å². The molecule has 0 aliphatic carbocycles. The molecule has 0 spiro atoms. The van der Waals surface area contributed by atoms with E-state index in [9.17, 15) is 14.3 Å². The number of rotatable bonds is 6. The van der Waals surface area contributed by atoms with Crippen LogP contribution in [-0.2, 0) is 11.2 Å². The number of aromatic nitrogens is 3. The zero-order valence-electron chi connectivity index (χ0n) is 18.6. The molecule has 1 atom stereocenters. The lowest BCUT2D eigenvalue weighted by Gasteiger charge is -2.12. The summed E-state index contributed by atoms with van der Waals surface area (Å²) in [6.07, 6.45) is 3.73. The molecule has 35 heavy (non-hydrogen) atoms. The number of carbonyl (C=O) groups excluding carboxylic acids is 1. The van der Waals surface area contributed by atoms with Gasteiger partial charge in [-0.25, -0.2) is 9.37 Å². The van der Waals surface area contributed by atoms with Crippen molar-refractivity contribution in [2.45, 2.75) is 12.5 Å². The number of aromatic amines is 1. The van der Waals surface area contributed by atoms with Crippen LogP contribution >= 0.6 is 0 Å². The number of amides is 1. The summed E-state index contributed by atoms with van der Waals surface area (Å²) in [4.78, 5) is 24.7. The lowest BCUT2D eigenvalue weighted by Crippen LogP contribution is -2.37. The molecule has 174 valence electrons. The van der Waals surface area contributed by atoms with Gasteiger partial charge in [-0.15, -0.1) is 0 Å². The number of nitrogens with one attached hydrogen (secondary N) is 2. The Balaban J connectivity index is 1.46. The van der Waals surface area contributed by atoms with Gasteiger partial charge in [-0.2, -0.15) is 0 Å². The van der Waals surface area contributed by atoms with E-state index >= 15 is 0 Å². The lowest BCUT2D eigenvalue weighted by atomic mass is 10.00. The number of pyridine rings is 2. The van der Waals surface area contributed by atoms with Crippen LogP contribution in [0.25, 0.3) is 33.4 Å². The summed E-state index contributed by atoms with van der Waals surface area (Å²) in [7, 11) is 0. The molecule has 0 radical (unpaired) electrons. The second-order valence-corrected chi connectivity index (χ2v) is 8.18. The van der Waals surface area contributed by atoms with Crippen LogP contribution in [0.1, 0.15) is 5.56 Å². The molecule has 5 aromatic rings. The number of halogens is 1. The predicted octanol–water partition coefficient (Wildman–Crippen LogP) is 4.65. The number of H-pyrrole nitrogens is 1. The molecule has 8 heteroatoms. The molecule has 0 fully saturated rings. The zero-order chi connectivity index (χ0) is 24.4. The molecular formula is C27H22FN5O2. The fraction of sp³-hybridized carbons (Fsp3) is 0.0741. The van der Waals surface area contributed by atoms with Crippen molar-refractivity contribution in [1.82, 2.24) is 15.0 Å². The van der Waals surface area contributed by atoms with Crippen LogP contribution in [0.2, 0.25) is 0 Å². The summed E-state index contributed by atoms with van der Waals surface area (Å²) in [5.41, 5.74) is 10.9. The van der Waals surface area contributed by atoms with Crippen molar-refractivity contribution in [1.29, 1.82) is 0 Å². The topological polar surface area (TPSA) is 117 Å². The molecule has 7 nitrogen and oxygen atoms in total. The van der Waals surface area contributed by atoms with Crippen LogP contribution in [0, 0.1) is 5.82 Å². The molecule has 1 unspecified atom stereocenters. The summed E-state index contributed by atoms with van der Waals surface area (Å²) in [6, 6.07) is 19.4. The Morgan fingerprint density at radius 3 is 2.40 bits per heavy atom. The summed E-state index contributed by atoms with van der Waals surface area (Å²) in [5, 5.41) is 13.0. The minimum atomic E-state index is -0.789. The van der Waals surface area contributed by atoms with E-state index in [1.54, 1.807) is 54.9 Å². The first-order valence-electron chi connectivity index (χ1n) is 11.0. The number of phenols is 1. The summed E-state index contributed by atoms with van der Waals surface area (Å²) < 4.78 is 13.5. The Morgan fingerprint density at radius 1 is 0.971 bits per heavy atom. The molecule has 5 rings (SSSR count). The van der Waals surface area contributed by atoms with Crippen molar-refractivity contribution in [3.8, 4) is 28.1 Å². The quantitative estimate of drug-likeness (QED) is 0.290. The molecule has 5 N–H and O–H groups in total. The standard InChI is InChI=1S/C27H22FN5O2/c28-19-5-3-18(4-6-19)25-24(17-11-13-30-14-12-17)21-9-10-23(31-26(21)33-25)32-27(35)22(29)15-16-1-7-20(34)8-2-16/h1-14,22,34H,15,29H2,(H2,31,32,33,35). The molecule has 0 aliphatic heterocycles. The monoisotopic (exact) mass is 467 g/mol. The fourth-order valence-corrected chi connectivity index (χ4v) is 3.99. The normalized spacial score (nSPS) is 11.9. The molecule has 0 aliphatic rings. The van der Waals surface area contributed by atoms with Gasteiger partial charge in [0.15, 0.2) is 0 Å². The summed E-state index contributed by atoms with van der Waals surface area (Å²) in [5.74, 6) is -0.176.